The fourth-order valence-corrected chi connectivity index (χ4v) is 1.54. The fraction of sp³-hybridized carbons (Fsp3) is 1.00. The molecular formula is C8H16O6. The summed E-state index contributed by atoms with van der Waals surface area (Å²) in [6.07, 6.45) is -4.68. The van der Waals surface area contributed by atoms with Crippen molar-refractivity contribution < 1.29 is 29.5 Å². The van der Waals surface area contributed by atoms with Crippen LogP contribution in [0.15, 0.2) is 0 Å². The lowest BCUT2D eigenvalue weighted by molar-refractivity contribution is -0.298. The van der Waals surface area contributed by atoms with Gasteiger partial charge in [0.05, 0.1) is 6.61 Å². The second-order valence-electron chi connectivity index (χ2n) is 3.14. The quantitative estimate of drug-likeness (QED) is 0.501. The molecule has 0 bridgehead atoms. The van der Waals surface area contributed by atoms with E-state index in [0.717, 1.165) is 0 Å². The van der Waals surface area contributed by atoms with Crippen LogP contribution in [-0.4, -0.2) is 66.9 Å². The van der Waals surface area contributed by atoms with Gasteiger partial charge in [0, 0.05) is 14.2 Å². The minimum atomic E-state index is -1.17. The van der Waals surface area contributed by atoms with Gasteiger partial charge in [0.25, 0.3) is 0 Å². The smallest absolute Gasteiger partial charge is 0.186 e. The lowest BCUT2D eigenvalue weighted by atomic mass is 9.99. The Morgan fingerprint density at radius 2 is 1.79 bits per heavy atom. The van der Waals surface area contributed by atoms with Crippen LogP contribution in [0.1, 0.15) is 0 Å². The summed E-state index contributed by atoms with van der Waals surface area (Å²) in [5, 5.41) is 28.0. The Kier molecular flexibility index (Phi) is 4.24. The number of rotatable bonds is 3. The molecule has 1 aliphatic heterocycles. The predicted octanol–water partition coefficient (Wildman–Crippen LogP) is -1.91. The van der Waals surface area contributed by atoms with Crippen LogP contribution in [-0.2, 0) is 14.2 Å². The van der Waals surface area contributed by atoms with Crippen molar-refractivity contribution in [3.8, 4) is 0 Å². The average Bonchev–Trinajstić information content (AvgIpc) is 2.21. The summed E-state index contributed by atoms with van der Waals surface area (Å²) in [4.78, 5) is 0. The van der Waals surface area contributed by atoms with Crippen LogP contribution < -0.4 is 0 Å². The van der Waals surface area contributed by atoms with Crippen molar-refractivity contribution >= 4 is 0 Å². The first kappa shape index (κ1) is 11.8. The first-order valence-electron chi connectivity index (χ1n) is 4.33. The normalized spacial score (nSPS) is 43.9. The fourth-order valence-electron chi connectivity index (χ4n) is 1.54. The summed E-state index contributed by atoms with van der Waals surface area (Å²) in [6.45, 7) is -0.303. The summed E-state index contributed by atoms with van der Waals surface area (Å²) in [7, 11) is 2.72. The average molecular weight is 208 g/mol. The number of hydrogen-bond acceptors (Lipinski definition) is 6. The maximum Gasteiger partial charge on any atom is 0.186 e. The third-order valence-corrected chi connectivity index (χ3v) is 2.33. The molecule has 1 rings (SSSR count). The highest BCUT2D eigenvalue weighted by molar-refractivity contribution is 4.89. The van der Waals surface area contributed by atoms with Gasteiger partial charge in [-0.25, -0.2) is 0 Å². The molecule has 2 unspecified atom stereocenters. The molecule has 14 heavy (non-hydrogen) atoms. The minimum Gasteiger partial charge on any atom is -0.394 e. The van der Waals surface area contributed by atoms with E-state index in [-0.39, 0.29) is 6.61 Å². The van der Waals surface area contributed by atoms with Crippen molar-refractivity contribution in [1.82, 2.24) is 0 Å². The molecule has 6 nitrogen and oxygen atoms in total. The highest BCUT2D eigenvalue weighted by Crippen LogP contribution is 2.23. The van der Waals surface area contributed by atoms with Crippen LogP contribution in [0, 0.1) is 0 Å². The molecule has 1 aliphatic rings. The van der Waals surface area contributed by atoms with E-state index in [4.69, 9.17) is 19.3 Å². The van der Waals surface area contributed by atoms with E-state index in [9.17, 15) is 10.2 Å². The van der Waals surface area contributed by atoms with Crippen LogP contribution >= 0.6 is 0 Å². The van der Waals surface area contributed by atoms with Crippen LogP contribution in [0.25, 0.3) is 0 Å². The van der Waals surface area contributed by atoms with E-state index in [1.54, 1.807) is 0 Å². The van der Waals surface area contributed by atoms with Crippen LogP contribution in [0.4, 0.5) is 0 Å². The Morgan fingerprint density at radius 1 is 1.14 bits per heavy atom. The topological polar surface area (TPSA) is 88.4 Å². The molecule has 0 aromatic carbocycles. The number of hydrogen-bond donors (Lipinski definition) is 3. The predicted molar refractivity (Wildman–Crippen MR) is 45.6 cm³/mol. The van der Waals surface area contributed by atoms with Gasteiger partial charge in [0.1, 0.15) is 24.4 Å². The SMILES string of the molecule is COC1OC(CO)[C@@H](OC)[C@@H](O)[C@@H]1O. The van der Waals surface area contributed by atoms with Crippen LogP contribution in [0.2, 0.25) is 0 Å². The maximum atomic E-state index is 9.59. The third kappa shape index (κ3) is 2.05. The molecule has 84 valence electrons. The van der Waals surface area contributed by atoms with Crippen molar-refractivity contribution in [3.63, 3.8) is 0 Å². The molecule has 0 aromatic heterocycles. The number of methoxy groups -OCH3 is 2. The molecule has 6 heteroatoms. The molecule has 0 aromatic rings. The van der Waals surface area contributed by atoms with Crippen molar-refractivity contribution in [3.05, 3.63) is 0 Å². The zero-order valence-electron chi connectivity index (χ0n) is 8.16. The van der Waals surface area contributed by atoms with Gasteiger partial charge >= 0.3 is 0 Å². The first-order valence-corrected chi connectivity index (χ1v) is 4.33. The van der Waals surface area contributed by atoms with Gasteiger partial charge in [0.15, 0.2) is 6.29 Å². The molecule has 0 aliphatic carbocycles. The van der Waals surface area contributed by atoms with E-state index in [2.05, 4.69) is 0 Å². The Bertz CT molecular complexity index is 173. The number of aliphatic hydroxyl groups excluding tert-OH is 3. The lowest BCUT2D eigenvalue weighted by Gasteiger charge is -2.40. The van der Waals surface area contributed by atoms with Crippen LogP contribution in [0.3, 0.4) is 0 Å². The molecule has 1 fully saturated rings. The second kappa shape index (κ2) is 5.01. The summed E-state index contributed by atoms with van der Waals surface area (Å²) in [5.41, 5.74) is 0. The lowest BCUT2D eigenvalue weighted by Crippen LogP contribution is -2.59. The van der Waals surface area contributed by atoms with E-state index < -0.39 is 30.7 Å². The Balaban J connectivity index is 2.71. The molecule has 0 spiro atoms. The molecule has 3 N–H and O–H groups in total. The summed E-state index contributed by atoms with van der Waals surface area (Å²) >= 11 is 0. The molecule has 1 saturated heterocycles. The minimum absolute atomic E-state index is 0.303. The van der Waals surface area contributed by atoms with E-state index >= 15 is 0 Å². The van der Waals surface area contributed by atoms with Gasteiger partial charge in [-0.05, 0) is 0 Å². The largest absolute Gasteiger partial charge is 0.394 e. The van der Waals surface area contributed by atoms with E-state index in [0.29, 0.717) is 0 Å². The van der Waals surface area contributed by atoms with Gasteiger partial charge in [-0.1, -0.05) is 0 Å². The van der Waals surface area contributed by atoms with Crippen LogP contribution in [0.5, 0.6) is 0 Å². The van der Waals surface area contributed by atoms with Crippen molar-refractivity contribution in [2.45, 2.75) is 30.7 Å². The molecule has 0 radical (unpaired) electrons. The second-order valence-corrected chi connectivity index (χ2v) is 3.14. The highest BCUT2D eigenvalue weighted by Gasteiger charge is 2.44. The molecule has 0 amide bonds. The summed E-state index contributed by atoms with van der Waals surface area (Å²) in [6, 6.07) is 0. The first-order chi connectivity index (χ1) is 6.65. The van der Waals surface area contributed by atoms with Gasteiger partial charge in [0.2, 0.25) is 0 Å². The van der Waals surface area contributed by atoms with Crippen molar-refractivity contribution in [2.24, 2.45) is 0 Å². The van der Waals surface area contributed by atoms with Crippen molar-refractivity contribution in [2.75, 3.05) is 20.8 Å². The van der Waals surface area contributed by atoms with Gasteiger partial charge < -0.3 is 29.5 Å². The molecular weight excluding hydrogens is 192 g/mol. The van der Waals surface area contributed by atoms with Gasteiger partial charge in [-0.3, -0.25) is 0 Å². The Hall–Kier alpha value is -0.240. The third-order valence-electron chi connectivity index (χ3n) is 2.33. The maximum absolute atomic E-state index is 9.59. The zero-order chi connectivity index (χ0) is 10.7. The number of aliphatic hydroxyl groups is 3. The molecule has 0 saturated carbocycles. The van der Waals surface area contributed by atoms with E-state index in [1.807, 2.05) is 0 Å². The number of ether oxygens (including phenoxy) is 3. The molecule has 5 atom stereocenters. The monoisotopic (exact) mass is 208 g/mol. The van der Waals surface area contributed by atoms with E-state index in [1.165, 1.54) is 14.2 Å². The van der Waals surface area contributed by atoms with Crippen molar-refractivity contribution in [1.29, 1.82) is 0 Å². The zero-order valence-corrected chi connectivity index (χ0v) is 8.16. The Morgan fingerprint density at radius 3 is 2.21 bits per heavy atom. The standard InChI is InChI=1S/C8H16O6/c1-12-7-4(3-9)14-8(13-2)6(11)5(7)10/h4-11H,3H2,1-2H3/t4?,5-,6-,7+,8?/m0/s1. The van der Waals surface area contributed by atoms with Gasteiger partial charge in [-0.2, -0.15) is 0 Å². The highest BCUT2D eigenvalue weighted by atomic mass is 16.7. The Labute approximate surface area is 82.0 Å². The van der Waals surface area contributed by atoms with Gasteiger partial charge in [-0.15, -0.1) is 0 Å². The summed E-state index contributed by atoms with van der Waals surface area (Å²) < 4.78 is 14.9. The molecule has 1 heterocycles. The summed E-state index contributed by atoms with van der Waals surface area (Å²) in [5.74, 6) is 0.